The van der Waals surface area contributed by atoms with Crippen molar-refractivity contribution in [1.82, 2.24) is 0 Å². The second kappa shape index (κ2) is 6.16. The quantitative estimate of drug-likeness (QED) is 0.620. The van der Waals surface area contributed by atoms with Crippen molar-refractivity contribution >= 4 is 17.6 Å². The summed E-state index contributed by atoms with van der Waals surface area (Å²) in [7, 11) is 0. The van der Waals surface area contributed by atoms with E-state index in [1.165, 1.54) is 0 Å². The Kier molecular flexibility index (Phi) is 4.50. The number of benzene rings is 1. The van der Waals surface area contributed by atoms with Crippen LogP contribution >= 0.6 is 0 Å². The highest BCUT2D eigenvalue weighted by Gasteiger charge is 2.45. The summed E-state index contributed by atoms with van der Waals surface area (Å²) in [6.07, 6.45) is 2.31. The second-order valence-electron chi connectivity index (χ2n) is 5.74. The van der Waals surface area contributed by atoms with Gasteiger partial charge in [0.25, 0.3) is 0 Å². The Hall–Kier alpha value is -2.04. The number of carboxylic acid groups (broad SMARTS) is 1. The van der Waals surface area contributed by atoms with Gasteiger partial charge in [0.2, 0.25) is 0 Å². The molecule has 5 nitrogen and oxygen atoms in total. The standard InChI is InChI=1S/C16H21NO4/c1-11-4-2-5-12(14(11)17)6-3-7-16(10-13(18)19)8-9-21-15(16)20/h2,4-5H,3,6-10,17H2,1H3,(H,18,19). The molecule has 1 fully saturated rings. The smallest absolute Gasteiger partial charge is 0.312 e. The summed E-state index contributed by atoms with van der Waals surface area (Å²) in [5.74, 6) is -1.33. The molecule has 1 atom stereocenters. The molecule has 0 aromatic heterocycles. The minimum absolute atomic E-state index is 0.158. The molecule has 3 N–H and O–H groups in total. The fourth-order valence-corrected chi connectivity index (χ4v) is 2.94. The van der Waals surface area contributed by atoms with Crippen molar-refractivity contribution in [3.8, 4) is 0 Å². The lowest BCUT2D eigenvalue weighted by molar-refractivity contribution is -0.152. The van der Waals surface area contributed by atoms with Crippen LogP contribution in [0.4, 0.5) is 5.69 Å². The van der Waals surface area contributed by atoms with Crippen molar-refractivity contribution in [2.24, 2.45) is 5.41 Å². The number of anilines is 1. The van der Waals surface area contributed by atoms with Gasteiger partial charge >= 0.3 is 11.9 Å². The maximum absolute atomic E-state index is 11.9. The highest BCUT2D eigenvalue weighted by Crippen LogP contribution is 2.39. The van der Waals surface area contributed by atoms with Crippen LogP contribution in [-0.2, 0) is 20.7 Å². The van der Waals surface area contributed by atoms with Gasteiger partial charge in [-0.2, -0.15) is 0 Å². The fraction of sp³-hybridized carbons (Fsp3) is 0.500. The first-order valence-corrected chi connectivity index (χ1v) is 7.18. The topological polar surface area (TPSA) is 89.6 Å². The summed E-state index contributed by atoms with van der Waals surface area (Å²) >= 11 is 0. The maximum atomic E-state index is 11.9. The normalized spacial score (nSPS) is 21.3. The molecule has 1 heterocycles. The van der Waals surface area contributed by atoms with E-state index in [4.69, 9.17) is 15.6 Å². The number of cyclic esters (lactones) is 1. The highest BCUT2D eigenvalue weighted by atomic mass is 16.5. The molecule has 0 radical (unpaired) electrons. The van der Waals surface area contributed by atoms with Gasteiger partial charge in [0.1, 0.15) is 0 Å². The third-order valence-electron chi connectivity index (χ3n) is 4.25. The molecule has 21 heavy (non-hydrogen) atoms. The SMILES string of the molecule is Cc1cccc(CCCC2(CC(=O)O)CCOC2=O)c1N. The predicted molar refractivity (Wildman–Crippen MR) is 78.8 cm³/mol. The van der Waals surface area contributed by atoms with Gasteiger partial charge in [-0.25, -0.2) is 0 Å². The van der Waals surface area contributed by atoms with Gasteiger partial charge in [0.05, 0.1) is 18.4 Å². The lowest BCUT2D eigenvalue weighted by atomic mass is 9.78. The Bertz CT molecular complexity index is 555. The molecule has 0 saturated carbocycles. The van der Waals surface area contributed by atoms with Crippen molar-refractivity contribution in [3.63, 3.8) is 0 Å². The Morgan fingerprint density at radius 2 is 2.24 bits per heavy atom. The average Bonchev–Trinajstić information content (AvgIpc) is 2.75. The van der Waals surface area contributed by atoms with Crippen molar-refractivity contribution in [3.05, 3.63) is 29.3 Å². The Labute approximate surface area is 124 Å². The van der Waals surface area contributed by atoms with Crippen LogP contribution in [-0.4, -0.2) is 23.7 Å². The lowest BCUT2D eigenvalue weighted by Gasteiger charge is -2.22. The summed E-state index contributed by atoms with van der Waals surface area (Å²) in [6, 6.07) is 5.89. The molecule has 0 spiro atoms. The number of para-hydroxylation sites is 1. The first-order chi connectivity index (χ1) is 9.94. The zero-order valence-electron chi connectivity index (χ0n) is 12.2. The molecule has 0 bridgehead atoms. The van der Waals surface area contributed by atoms with Crippen LogP contribution in [0.5, 0.6) is 0 Å². The second-order valence-corrected chi connectivity index (χ2v) is 5.74. The molecular formula is C16H21NO4. The number of aryl methyl sites for hydroxylation is 2. The van der Waals surface area contributed by atoms with Crippen LogP contribution in [0.1, 0.15) is 36.8 Å². The van der Waals surface area contributed by atoms with Crippen LogP contribution in [0.3, 0.4) is 0 Å². The molecule has 0 aliphatic carbocycles. The Balaban J connectivity index is 2.01. The van der Waals surface area contributed by atoms with Gasteiger partial charge in [0.15, 0.2) is 0 Å². The summed E-state index contributed by atoms with van der Waals surface area (Å²) in [6.45, 7) is 2.28. The number of esters is 1. The van der Waals surface area contributed by atoms with Crippen molar-refractivity contribution in [2.75, 3.05) is 12.3 Å². The minimum Gasteiger partial charge on any atom is -0.481 e. The highest BCUT2D eigenvalue weighted by molar-refractivity contribution is 5.84. The number of carbonyl (C=O) groups is 2. The largest absolute Gasteiger partial charge is 0.481 e. The van der Waals surface area contributed by atoms with Gasteiger partial charge in [-0.1, -0.05) is 18.2 Å². The summed E-state index contributed by atoms with van der Waals surface area (Å²) in [4.78, 5) is 22.9. The lowest BCUT2D eigenvalue weighted by Crippen LogP contribution is -2.29. The van der Waals surface area contributed by atoms with Crippen LogP contribution < -0.4 is 5.73 Å². The van der Waals surface area contributed by atoms with E-state index in [9.17, 15) is 9.59 Å². The number of carbonyl (C=O) groups excluding carboxylic acids is 1. The van der Waals surface area contributed by atoms with Crippen molar-refractivity contribution < 1.29 is 19.4 Å². The Morgan fingerprint density at radius 3 is 2.86 bits per heavy atom. The number of hydrogen-bond donors (Lipinski definition) is 2. The van der Waals surface area contributed by atoms with Crippen LogP contribution in [0.2, 0.25) is 0 Å². The summed E-state index contributed by atoms with van der Waals surface area (Å²) in [5, 5.41) is 9.03. The molecule has 1 unspecified atom stereocenters. The Morgan fingerprint density at radius 1 is 1.48 bits per heavy atom. The van der Waals surface area contributed by atoms with Crippen LogP contribution in [0.15, 0.2) is 18.2 Å². The third kappa shape index (κ3) is 3.35. The molecular weight excluding hydrogens is 270 g/mol. The molecule has 5 heteroatoms. The first kappa shape index (κ1) is 15.4. The number of nitrogen functional groups attached to an aromatic ring is 1. The molecule has 1 aromatic rings. The number of nitrogens with two attached hydrogens (primary N) is 1. The predicted octanol–water partition coefficient (Wildman–Crippen LogP) is 2.31. The van der Waals surface area contributed by atoms with E-state index in [-0.39, 0.29) is 12.4 Å². The summed E-state index contributed by atoms with van der Waals surface area (Å²) in [5.41, 5.74) is 8.04. The van der Waals surface area contributed by atoms with Gasteiger partial charge < -0.3 is 15.6 Å². The monoisotopic (exact) mass is 291 g/mol. The molecule has 1 aromatic carbocycles. The average molecular weight is 291 g/mol. The fourth-order valence-electron chi connectivity index (χ4n) is 2.94. The molecule has 1 aliphatic rings. The van der Waals surface area contributed by atoms with Gasteiger partial charge in [-0.05, 0) is 43.7 Å². The number of ether oxygens (including phenoxy) is 1. The molecule has 0 amide bonds. The molecule has 2 rings (SSSR count). The van der Waals surface area contributed by atoms with E-state index >= 15 is 0 Å². The van der Waals surface area contributed by atoms with E-state index < -0.39 is 11.4 Å². The zero-order chi connectivity index (χ0) is 15.5. The third-order valence-corrected chi connectivity index (χ3v) is 4.25. The molecule has 1 aliphatic heterocycles. The minimum atomic E-state index is -0.955. The first-order valence-electron chi connectivity index (χ1n) is 7.18. The summed E-state index contributed by atoms with van der Waals surface area (Å²) < 4.78 is 4.99. The zero-order valence-corrected chi connectivity index (χ0v) is 12.2. The molecule has 1 saturated heterocycles. The van der Waals surface area contributed by atoms with Crippen molar-refractivity contribution in [1.29, 1.82) is 0 Å². The van der Waals surface area contributed by atoms with Crippen LogP contribution in [0, 0.1) is 12.3 Å². The number of aliphatic carboxylic acids is 1. The van der Waals surface area contributed by atoms with E-state index in [1.54, 1.807) is 0 Å². The van der Waals surface area contributed by atoms with E-state index in [0.29, 0.717) is 19.4 Å². The number of hydrogen-bond acceptors (Lipinski definition) is 4. The van der Waals surface area contributed by atoms with Crippen molar-refractivity contribution in [2.45, 2.75) is 39.0 Å². The van der Waals surface area contributed by atoms with Gasteiger partial charge in [-0.15, -0.1) is 0 Å². The van der Waals surface area contributed by atoms with Gasteiger partial charge in [0, 0.05) is 5.69 Å². The van der Waals surface area contributed by atoms with E-state index in [1.807, 2.05) is 25.1 Å². The maximum Gasteiger partial charge on any atom is 0.312 e. The van der Waals surface area contributed by atoms with E-state index in [2.05, 4.69) is 0 Å². The van der Waals surface area contributed by atoms with E-state index in [0.717, 1.165) is 29.7 Å². The number of carboxylic acids is 1. The number of rotatable bonds is 6. The van der Waals surface area contributed by atoms with Gasteiger partial charge in [-0.3, -0.25) is 9.59 Å². The molecule has 114 valence electrons. The van der Waals surface area contributed by atoms with Crippen LogP contribution in [0.25, 0.3) is 0 Å².